The van der Waals surface area contributed by atoms with Crippen molar-refractivity contribution in [3.8, 4) is 5.75 Å². The average Bonchev–Trinajstić information content (AvgIpc) is 3.02. The van der Waals surface area contributed by atoms with Crippen molar-refractivity contribution in [2.45, 2.75) is 19.6 Å². The lowest BCUT2D eigenvalue weighted by Crippen LogP contribution is -2.16. The van der Waals surface area contributed by atoms with E-state index in [1.165, 1.54) is 0 Å². The molecule has 0 radical (unpaired) electrons. The Balaban J connectivity index is 2.01. The van der Waals surface area contributed by atoms with Crippen LogP contribution in [-0.4, -0.2) is 18.8 Å². The van der Waals surface area contributed by atoms with Crippen LogP contribution in [0.15, 0.2) is 47.1 Å². The molecule has 1 aromatic heterocycles. The Morgan fingerprint density at radius 2 is 1.95 bits per heavy atom. The van der Waals surface area contributed by atoms with Crippen molar-refractivity contribution in [3.63, 3.8) is 0 Å². The quantitative estimate of drug-likeness (QED) is 0.844. The van der Waals surface area contributed by atoms with E-state index < -0.39 is 0 Å². The van der Waals surface area contributed by atoms with Gasteiger partial charge in [-0.05, 0) is 29.8 Å². The van der Waals surface area contributed by atoms with E-state index in [9.17, 15) is 5.11 Å². The first kappa shape index (κ1) is 14.6. The van der Waals surface area contributed by atoms with Crippen LogP contribution < -0.4 is 4.74 Å². The maximum absolute atomic E-state index is 9.33. The van der Waals surface area contributed by atoms with E-state index in [1.54, 1.807) is 13.4 Å². The molecule has 0 fully saturated rings. The van der Waals surface area contributed by atoms with Gasteiger partial charge < -0.3 is 19.0 Å². The summed E-state index contributed by atoms with van der Waals surface area (Å²) < 4.78 is 16.4. The van der Waals surface area contributed by atoms with Crippen LogP contribution in [-0.2, 0) is 11.3 Å². The van der Waals surface area contributed by atoms with Crippen LogP contribution in [0, 0.1) is 5.92 Å². The van der Waals surface area contributed by atoms with Gasteiger partial charge in [0.1, 0.15) is 17.6 Å². The van der Waals surface area contributed by atoms with E-state index in [-0.39, 0.29) is 18.6 Å². The van der Waals surface area contributed by atoms with Gasteiger partial charge in [0.2, 0.25) is 0 Å². The van der Waals surface area contributed by atoms with E-state index in [2.05, 4.69) is 0 Å². The fourth-order valence-electron chi connectivity index (χ4n) is 1.98. The topological polar surface area (TPSA) is 51.8 Å². The van der Waals surface area contributed by atoms with E-state index in [1.807, 2.05) is 43.3 Å². The van der Waals surface area contributed by atoms with Crippen LogP contribution in [0.1, 0.15) is 24.4 Å². The van der Waals surface area contributed by atoms with Gasteiger partial charge in [0, 0.05) is 12.5 Å². The van der Waals surface area contributed by atoms with Crippen molar-refractivity contribution >= 4 is 0 Å². The highest BCUT2D eigenvalue weighted by atomic mass is 16.5. The van der Waals surface area contributed by atoms with Gasteiger partial charge in [0.15, 0.2) is 0 Å². The summed E-state index contributed by atoms with van der Waals surface area (Å²) in [6.07, 6.45) is 1.36. The molecule has 0 saturated carbocycles. The van der Waals surface area contributed by atoms with Crippen molar-refractivity contribution in [3.05, 3.63) is 54.0 Å². The summed E-state index contributed by atoms with van der Waals surface area (Å²) in [5.41, 5.74) is 1.05. The van der Waals surface area contributed by atoms with Gasteiger partial charge in [-0.2, -0.15) is 0 Å². The van der Waals surface area contributed by atoms with E-state index in [0.717, 1.165) is 17.1 Å². The molecular weight excluding hydrogens is 256 g/mol. The zero-order valence-electron chi connectivity index (χ0n) is 11.8. The molecule has 1 N–H and O–H groups in total. The summed E-state index contributed by atoms with van der Waals surface area (Å²) in [4.78, 5) is 0. The molecule has 0 aliphatic heterocycles. The summed E-state index contributed by atoms with van der Waals surface area (Å²) >= 11 is 0. The van der Waals surface area contributed by atoms with Gasteiger partial charge in [0.25, 0.3) is 0 Å². The molecule has 4 heteroatoms. The van der Waals surface area contributed by atoms with Gasteiger partial charge >= 0.3 is 0 Å². The Morgan fingerprint density at radius 3 is 2.50 bits per heavy atom. The summed E-state index contributed by atoms with van der Waals surface area (Å²) in [5, 5.41) is 9.33. The molecule has 0 amide bonds. The zero-order valence-corrected chi connectivity index (χ0v) is 11.8. The molecule has 4 nitrogen and oxygen atoms in total. The minimum Gasteiger partial charge on any atom is -0.497 e. The van der Waals surface area contributed by atoms with Gasteiger partial charge in [-0.25, -0.2) is 0 Å². The second kappa shape index (κ2) is 7.12. The third-order valence-electron chi connectivity index (χ3n) is 3.22. The van der Waals surface area contributed by atoms with Crippen molar-refractivity contribution in [1.82, 2.24) is 0 Å². The molecule has 2 atom stereocenters. The van der Waals surface area contributed by atoms with Crippen molar-refractivity contribution in [2.75, 3.05) is 13.7 Å². The number of benzene rings is 1. The number of methoxy groups -OCH3 is 1. The highest BCUT2D eigenvalue weighted by molar-refractivity contribution is 5.26. The van der Waals surface area contributed by atoms with Crippen molar-refractivity contribution in [1.29, 1.82) is 0 Å². The minimum absolute atomic E-state index is 0.0283. The number of aliphatic hydroxyl groups excluding tert-OH is 1. The van der Waals surface area contributed by atoms with E-state index in [4.69, 9.17) is 13.9 Å². The van der Waals surface area contributed by atoms with Crippen LogP contribution in [0.5, 0.6) is 5.75 Å². The first-order chi connectivity index (χ1) is 9.74. The van der Waals surface area contributed by atoms with Gasteiger partial charge in [-0.1, -0.05) is 19.1 Å². The largest absolute Gasteiger partial charge is 0.497 e. The second-order valence-electron chi connectivity index (χ2n) is 4.75. The molecule has 2 aromatic rings. The molecular formula is C16H20O4. The Bertz CT molecular complexity index is 490. The molecule has 0 aliphatic carbocycles. The molecule has 108 valence electrons. The number of ether oxygens (including phenoxy) is 2. The van der Waals surface area contributed by atoms with Gasteiger partial charge in [0.05, 0.1) is 20.0 Å². The van der Waals surface area contributed by atoms with E-state index in [0.29, 0.717) is 6.61 Å². The number of hydrogen-bond acceptors (Lipinski definition) is 4. The molecule has 0 saturated heterocycles. The predicted octanol–water partition coefficient (Wildman–Crippen LogP) is 3.17. The average molecular weight is 276 g/mol. The summed E-state index contributed by atoms with van der Waals surface area (Å²) in [7, 11) is 1.64. The maximum atomic E-state index is 9.33. The van der Waals surface area contributed by atoms with Crippen molar-refractivity contribution in [2.24, 2.45) is 5.92 Å². The zero-order chi connectivity index (χ0) is 14.4. The third kappa shape index (κ3) is 3.62. The SMILES string of the molecule is COc1ccc(CO[C@@H](c2ccco2)[C@H](C)CO)cc1. The van der Waals surface area contributed by atoms with Crippen LogP contribution in [0.3, 0.4) is 0 Å². The molecule has 0 spiro atoms. The van der Waals surface area contributed by atoms with Crippen LogP contribution in [0.2, 0.25) is 0 Å². The lowest BCUT2D eigenvalue weighted by atomic mass is 10.0. The molecule has 0 unspecified atom stereocenters. The second-order valence-corrected chi connectivity index (χ2v) is 4.75. The van der Waals surface area contributed by atoms with Crippen LogP contribution in [0.25, 0.3) is 0 Å². The number of furan rings is 1. The fourth-order valence-corrected chi connectivity index (χ4v) is 1.98. The highest BCUT2D eigenvalue weighted by Crippen LogP contribution is 2.27. The van der Waals surface area contributed by atoms with Gasteiger partial charge in [-0.15, -0.1) is 0 Å². The molecule has 1 heterocycles. The lowest BCUT2D eigenvalue weighted by molar-refractivity contribution is -0.0247. The number of hydrogen-bond donors (Lipinski definition) is 1. The molecule has 2 rings (SSSR count). The van der Waals surface area contributed by atoms with Gasteiger partial charge in [-0.3, -0.25) is 0 Å². The first-order valence-corrected chi connectivity index (χ1v) is 6.63. The first-order valence-electron chi connectivity index (χ1n) is 6.63. The number of aliphatic hydroxyl groups is 1. The fraction of sp³-hybridized carbons (Fsp3) is 0.375. The Hall–Kier alpha value is -1.78. The summed E-state index contributed by atoms with van der Waals surface area (Å²) in [6, 6.07) is 11.4. The minimum atomic E-state index is -0.253. The van der Waals surface area contributed by atoms with Crippen LogP contribution >= 0.6 is 0 Å². The lowest BCUT2D eigenvalue weighted by Gasteiger charge is -2.21. The Kier molecular flexibility index (Phi) is 5.21. The van der Waals surface area contributed by atoms with Crippen LogP contribution in [0.4, 0.5) is 0 Å². The van der Waals surface area contributed by atoms with E-state index >= 15 is 0 Å². The molecule has 1 aromatic carbocycles. The highest BCUT2D eigenvalue weighted by Gasteiger charge is 2.22. The predicted molar refractivity (Wildman–Crippen MR) is 75.5 cm³/mol. The molecule has 20 heavy (non-hydrogen) atoms. The molecule has 0 bridgehead atoms. The smallest absolute Gasteiger partial charge is 0.132 e. The summed E-state index contributed by atoms with van der Waals surface area (Å²) in [5.74, 6) is 1.53. The molecule has 0 aliphatic rings. The van der Waals surface area contributed by atoms with Crippen molar-refractivity contribution < 1.29 is 19.0 Å². The monoisotopic (exact) mass is 276 g/mol. The Morgan fingerprint density at radius 1 is 1.20 bits per heavy atom. The normalized spacial score (nSPS) is 13.9. The maximum Gasteiger partial charge on any atom is 0.132 e. The summed E-state index contributed by atoms with van der Waals surface area (Å²) in [6.45, 7) is 2.44. The third-order valence-corrected chi connectivity index (χ3v) is 3.22. The standard InChI is InChI=1S/C16H20O4/c1-12(10-17)16(15-4-3-9-19-15)20-11-13-5-7-14(18-2)8-6-13/h3-9,12,16-17H,10-11H2,1-2H3/t12-,16-/m1/s1. The number of rotatable bonds is 7. The Labute approximate surface area is 118 Å².